The van der Waals surface area contributed by atoms with Gasteiger partial charge in [0, 0.05) is 17.5 Å². The molecule has 5 heteroatoms. The summed E-state index contributed by atoms with van der Waals surface area (Å²) in [6, 6.07) is 16.5. The maximum absolute atomic E-state index is 10.5. The molecule has 0 bridgehead atoms. The summed E-state index contributed by atoms with van der Waals surface area (Å²) >= 11 is 1.48. The minimum atomic E-state index is 0.235. The van der Waals surface area contributed by atoms with Gasteiger partial charge in [0.1, 0.15) is 16.6 Å². The van der Waals surface area contributed by atoms with Crippen molar-refractivity contribution in [1.29, 1.82) is 5.41 Å². The van der Waals surface area contributed by atoms with E-state index in [9.17, 15) is 5.11 Å². The van der Waals surface area contributed by atoms with Crippen LogP contribution >= 0.6 is 11.3 Å². The highest BCUT2D eigenvalue weighted by Gasteiger charge is 2.30. The van der Waals surface area contributed by atoms with Crippen molar-refractivity contribution in [2.75, 3.05) is 13.1 Å². The first-order chi connectivity index (χ1) is 13.5. The van der Waals surface area contributed by atoms with Crippen molar-refractivity contribution in [3.8, 4) is 11.3 Å². The molecule has 0 unspecified atom stereocenters. The van der Waals surface area contributed by atoms with E-state index >= 15 is 0 Å². The molecule has 0 spiro atoms. The molecule has 4 rings (SSSR count). The highest BCUT2D eigenvalue weighted by molar-refractivity contribution is 7.11. The van der Waals surface area contributed by atoms with Crippen molar-refractivity contribution in [2.45, 2.75) is 20.3 Å². The fourth-order valence-corrected chi connectivity index (χ4v) is 4.28. The maximum Gasteiger partial charge on any atom is 0.135 e. The summed E-state index contributed by atoms with van der Waals surface area (Å²) in [4.78, 5) is 6.63. The molecule has 28 heavy (non-hydrogen) atoms. The van der Waals surface area contributed by atoms with Gasteiger partial charge in [-0.25, -0.2) is 4.98 Å². The number of aliphatic hydroxyl groups excluding tert-OH is 1. The molecule has 0 saturated carbocycles. The summed E-state index contributed by atoms with van der Waals surface area (Å²) in [6.45, 7) is 5.27. The van der Waals surface area contributed by atoms with Gasteiger partial charge in [-0.1, -0.05) is 42.5 Å². The molecule has 1 aliphatic heterocycles. The van der Waals surface area contributed by atoms with Crippen LogP contribution in [0, 0.1) is 19.3 Å². The third-order valence-electron chi connectivity index (χ3n) is 5.22. The Labute approximate surface area is 169 Å². The van der Waals surface area contributed by atoms with Crippen LogP contribution in [0.1, 0.15) is 21.7 Å². The van der Waals surface area contributed by atoms with E-state index in [0.717, 1.165) is 17.7 Å². The van der Waals surface area contributed by atoms with E-state index in [2.05, 4.69) is 44.2 Å². The average Bonchev–Trinajstić information content (AvgIpc) is 3.27. The molecule has 0 saturated heterocycles. The number of thiazole rings is 1. The van der Waals surface area contributed by atoms with Crippen LogP contribution in [-0.4, -0.2) is 33.9 Å². The monoisotopic (exact) mass is 389 g/mol. The number of aliphatic hydroxyl groups is 1. The molecule has 2 aromatic carbocycles. The summed E-state index contributed by atoms with van der Waals surface area (Å²) < 4.78 is 0. The van der Waals surface area contributed by atoms with Crippen LogP contribution in [0.4, 0.5) is 0 Å². The maximum atomic E-state index is 10.5. The fourth-order valence-electron chi connectivity index (χ4n) is 3.38. The van der Waals surface area contributed by atoms with Gasteiger partial charge in [-0.2, -0.15) is 0 Å². The number of amidine groups is 1. The summed E-state index contributed by atoms with van der Waals surface area (Å²) in [5, 5.41) is 21.8. The number of aryl methyl sites for hydroxylation is 2. The Kier molecular flexibility index (Phi) is 5.01. The number of hydrogen-bond donors (Lipinski definition) is 2. The van der Waals surface area contributed by atoms with Crippen LogP contribution in [0.2, 0.25) is 0 Å². The van der Waals surface area contributed by atoms with Gasteiger partial charge in [0.15, 0.2) is 0 Å². The zero-order chi connectivity index (χ0) is 19.7. The van der Waals surface area contributed by atoms with Gasteiger partial charge in [-0.3, -0.25) is 5.41 Å². The number of aromatic nitrogens is 1. The molecular weight excluding hydrogens is 366 g/mol. The van der Waals surface area contributed by atoms with E-state index < -0.39 is 0 Å². The lowest BCUT2D eigenvalue weighted by atomic mass is 10.1. The molecule has 0 radical (unpaired) electrons. The Hall–Kier alpha value is -2.92. The fraction of sp³-hybridized carbons (Fsp3) is 0.217. The van der Waals surface area contributed by atoms with Crippen LogP contribution in [0.25, 0.3) is 16.8 Å². The SMILES string of the molecule is Cc1ccc(-c2csc(C3=C(O)CN(CCc4ccccc4)C3=N)n2)cc1C. The smallest absolute Gasteiger partial charge is 0.135 e. The molecule has 0 atom stereocenters. The quantitative estimate of drug-likeness (QED) is 0.628. The number of nitrogens with zero attached hydrogens (tertiary/aromatic N) is 2. The van der Waals surface area contributed by atoms with Crippen LogP contribution in [0.15, 0.2) is 59.7 Å². The summed E-state index contributed by atoms with van der Waals surface area (Å²) in [6.07, 6.45) is 0.843. The van der Waals surface area contributed by atoms with Crippen LogP contribution in [-0.2, 0) is 6.42 Å². The van der Waals surface area contributed by atoms with Gasteiger partial charge >= 0.3 is 0 Å². The summed E-state index contributed by atoms with van der Waals surface area (Å²) in [5.74, 6) is 0.591. The molecule has 0 amide bonds. The molecule has 142 valence electrons. The first-order valence-electron chi connectivity index (χ1n) is 9.36. The van der Waals surface area contributed by atoms with Crippen molar-refractivity contribution in [1.82, 2.24) is 9.88 Å². The van der Waals surface area contributed by atoms with Gasteiger partial charge in [0.05, 0.1) is 17.8 Å². The first kappa shape index (κ1) is 18.4. The van der Waals surface area contributed by atoms with E-state index in [0.29, 0.717) is 29.5 Å². The highest BCUT2D eigenvalue weighted by Crippen LogP contribution is 2.32. The third kappa shape index (κ3) is 3.58. The zero-order valence-corrected chi connectivity index (χ0v) is 16.9. The normalized spacial score (nSPS) is 14.2. The minimum absolute atomic E-state index is 0.235. The standard InChI is InChI=1S/C23H23N3OS/c1-15-8-9-18(12-16(15)2)19-14-28-23(25-19)21-20(27)13-26(22(21)24)11-10-17-6-4-3-5-7-17/h3-9,12,14,24,27H,10-11,13H2,1-2H3. The van der Waals surface area contributed by atoms with E-state index in [1.165, 1.54) is 28.0 Å². The average molecular weight is 390 g/mol. The van der Waals surface area contributed by atoms with Gasteiger partial charge < -0.3 is 10.0 Å². The lowest BCUT2D eigenvalue weighted by molar-refractivity contribution is 0.351. The second kappa shape index (κ2) is 7.60. The van der Waals surface area contributed by atoms with Gasteiger partial charge in [-0.15, -0.1) is 11.3 Å². The summed E-state index contributed by atoms with van der Waals surface area (Å²) in [7, 11) is 0. The molecule has 1 aliphatic rings. The second-order valence-corrected chi connectivity index (χ2v) is 8.02. The van der Waals surface area contributed by atoms with Crippen molar-refractivity contribution in [2.24, 2.45) is 0 Å². The number of benzene rings is 2. The summed E-state index contributed by atoms with van der Waals surface area (Å²) in [5.41, 5.74) is 6.23. The Morgan fingerprint density at radius 1 is 1.11 bits per heavy atom. The van der Waals surface area contributed by atoms with Crippen LogP contribution < -0.4 is 0 Å². The van der Waals surface area contributed by atoms with Gasteiger partial charge in [0.2, 0.25) is 0 Å². The third-order valence-corrected chi connectivity index (χ3v) is 6.08. The van der Waals surface area contributed by atoms with E-state index in [1.54, 1.807) is 0 Å². The lowest BCUT2D eigenvalue weighted by Crippen LogP contribution is -2.28. The predicted molar refractivity (Wildman–Crippen MR) is 116 cm³/mol. The Bertz CT molecular complexity index is 1050. The number of rotatable bonds is 5. The lowest BCUT2D eigenvalue weighted by Gasteiger charge is -2.18. The predicted octanol–water partition coefficient (Wildman–Crippen LogP) is 5.23. The van der Waals surface area contributed by atoms with Crippen molar-refractivity contribution >= 4 is 22.7 Å². The van der Waals surface area contributed by atoms with Crippen molar-refractivity contribution in [3.05, 3.63) is 81.4 Å². The Balaban J connectivity index is 1.51. The van der Waals surface area contributed by atoms with E-state index in [1.807, 2.05) is 28.5 Å². The molecule has 0 aliphatic carbocycles. The van der Waals surface area contributed by atoms with Crippen molar-refractivity contribution in [3.63, 3.8) is 0 Å². The number of nitrogens with one attached hydrogen (secondary N) is 1. The highest BCUT2D eigenvalue weighted by atomic mass is 32.1. The van der Waals surface area contributed by atoms with Gasteiger partial charge in [-0.05, 0) is 43.0 Å². The van der Waals surface area contributed by atoms with Crippen LogP contribution in [0.3, 0.4) is 0 Å². The second-order valence-electron chi connectivity index (χ2n) is 7.16. The Morgan fingerprint density at radius 2 is 1.89 bits per heavy atom. The molecule has 2 N–H and O–H groups in total. The zero-order valence-electron chi connectivity index (χ0n) is 16.1. The largest absolute Gasteiger partial charge is 0.510 e. The molecular formula is C23H23N3OS. The van der Waals surface area contributed by atoms with Crippen molar-refractivity contribution < 1.29 is 5.11 Å². The molecule has 4 nitrogen and oxygen atoms in total. The molecule has 0 fully saturated rings. The Morgan fingerprint density at radius 3 is 2.64 bits per heavy atom. The molecule has 2 heterocycles. The topological polar surface area (TPSA) is 60.2 Å². The first-order valence-corrected chi connectivity index (χ1v) is 10.2. The van der Waals surface area contributed by atoms with Gasteiger partial charge in [0.25, 0.3) is 0 Å². The van der Waals surface area contributed by atoms with E-state index in [-0.39, 0.29) is 5.76 Å². The minimum Gasteiger partial charge on any atom is -0.510 e. The molecule has 1 aromatic heterocycles. The molecule has 3 aromatic rings. The van der Waals surface area contributed by atoms with E-state index in [4.69, 9.17) is 10.4 Å². The van der Waals surface area contributed by atoms with Crippen LogP contribution in [0.5, 0.6) is 0 Å². The number of hydrogen-bond acceptors (Lipinski definition) is 4.